The van der Waals surface area contributed by atoms with E-state index >= 15 is 0 Å². The van der Waals surface area contributed by atoms with Crippen LogP contribution < -0.4 is 5.73 Å². The van der Waals surface area contributed by atoms with Crippen molar-refractivity contribution in [3.8, 4) is 0 Å². The number of hydrogen-bond acceptors (Lipinski definition) is 4. The summed E-state index contributed by atoms with van der Waals surface area (Å²) in [4.78, 5) is 16.3. The van der Waals surface area contributed by atoms with Gasteiger partial charge in [0, 0.05) is 32.2 Å². The largest absolute Gasteiger partial charge is 0.480 e. The Morgan fingerprint density at radius 3 is 2.38 bits per heavy atom. The minimum atomic E-state index is -1.04. The molecule has 2 fully saturated rings. The minimum Gasteiger partial charge on any atom is -0.480 e. The molecule has 1 heterocycles. The predicted octanol–water partition coefficient (Wildman–Crippen LogP) is 1.52. The van der Waals surface area contributed by atoms with Gasteiger partial charge in [-0.25, -0.2) is 0 Å². The van der Waals surface area contributed by atoms with Crippen LogP contribution in [0.4, 0.5) is 0 Å². The zero-order valence-corrected chi connectivity index (χ0v) is 13.4. The van der Waals surface area contributed by atoms with Crippen LogP contribution in [-0.2, 0) is 4.79 Å². The quantitative estimate of drug-likeness (QED) is 0.745. The van der Waals surface area contributed by atoms with E-state index in [2.05, 4.69) is 9.80 Å². The normalized spacial score (nSPS) is 25.0. The van der Waals surface area contributed by atoms with E-state index in [1.165, 1.54) is 38.8 Å². The average Bonchev–Trinajstić information content (AvgIpc) is 3.02. The van der Waals surface area contributed by atoms with Crippen LogP contribution in [0.15, 0.2) is 0 Å². The fourth-order valence-electron chi connectivity index (χ4n) is 3.67. The van der Waals surface area contributed by atoms with E-state index in [0.717, 1.165) is 32.1 Å². The highest BCUT2D eigenvalue weighted by molar-refractivity contribution is 5.78. The highest BCUT2D eigenvalue weighted by Crippen LogP contribution is 2.24. The predicted molar refractivity (Wildman–Crippen MR) is 84.3 cm³/mol. The van der Waals surface area contributed by atoms with Crippen molar-refractivity contribution in [3.05, 3.63) is 0 Å². The fraction of sp³-hybridized carbons (Fsp3) is 0.938. The van der Waals surface area contributed by atoms with Crippen LogP contribution in [0.25, 0.3) is 0 Å². The van der Waals surface area contributed by atoms with E-state index in [1.54, 1.807) is 0 Å². The first-order valence-corrected chi connectivity index (χ1v) is 8.54. The zero-order chi connectivity index (χ0) is 15.3. The van der Waals surface area contributed by atoms with Crippen molar-refractivity contribution in [1.29, 1.82) is 0 Å². The molecule has 0 aromatic heterocycles. The van der Waals surface area contributed by atoms with E-state index in [0.29, 0.717) is 12.8 Å². The summed E-state index contributed by atoms with van der Waals surface area (Å²) in [6.45, 7) is 7.41. The van der Waals surface area contributed by atoms with Gasteiger partial charge in [-0.1, -0.05) is 19.8 Å². The standard InChI is InChI=1S/C16H31N3O2/c1-2-16(17,15(20)21)8-5-9-18-10-12-19(13-11-18)14-6-3-4-7-14/h14H,2-13,17H2,1H3,(H,20,21). The molecule has 5 nitrogen and oxygen atoms in total. The Labute approximate surface area is 128 Å². The number of carbonyl (C=O) groups is 1. The number of aliphatic carboxylic acids is 1. The number of rotatable bonds is 7. The summed E-state index contributed by atoms with van der Waals surface area (Å²) in [5, 5.41) is 9.18. The molecule has 0 aromatic carbocycles. The van der Waals surface area contributed by atoms with Gasteiger partial charge in [0.2, 0.25) is 0 Å². The first kappa shape index (κ1) is 16.7. The fourth-order valence-corrected chi connectivity index (χ4v) is 3.67. The summed E-state index contributed by atoms with van der Waals surface area (Å²) in [5.74, 6) is -0.865. The van der Waals surface area contributed by atoms with E-state index in [4.69, 9.17) is 5.73 Å². The van der Waals surface area contributed by atoms with Crippen LogP contribution in [0.5, 0.6) is 0 Å². The number of hydrogen-bond donors (Lipinski definition) is 2. The van der Waals surface area contributed by atoms with Crippen molar-refractivity contribution in [3.63, 3.8) is 0 Å². The van der Waals surface area contributed by atoms with Gasteiger partial charge in [-0.2, -0.15) is 0 Å². The van der Waals surface area contributed by atoms with Crippen LogP contribution in [0.1, 0.15) is 51.9 Å². The van der Waals surface area contributed by atoms with Crippen LogP contribution in [0, 0.1) is 0 Å². The molecule has 0 radical (unpaired) electrons. The first-order chi connectivity index (χ1) is 10.0. The summed E-state index contributed by atoms with van der Waals surface area (Å²) < 4.78 is 0. The maximum Gasteiger partial charge on any atom is 0.323 e. The molecule has 1 saturated heterocycles. The van der Waals surface area contributed by atoms with E-state index in [9.17, 15) is 9.90 Å². The van der Waals surface area contributed by atoms with Gasteiger partial charge in [0.05, 0.1) is 0 Å². The molecule has 5 heteroatoms. The Hall–Kier alpha value is -0.650. The molecule has 0 spiro atoms. The Morgan fingerprint density at radius 1 is 1.24 bits per heavy atom. The molecule has 0 bridgehead atoms. The summed E-state index contributed by atoms with van der Waals surface area (Å²) in [6.07, 6.45) is 7.50. The first-order valence-electron chi connectivity index (χ1n) is 8.54. The molecule has 0 aromatic rings. The summed E-state index contributed by atoms with van der Waals surface area (Å²) >= 11 is 0. The third kappa shape index (κ3) is 4.41. The summed E-state index contributed by atoms with van der Waals surface area (Å²) in [6, 6.07) is 0.830. The Morgan fingerprint density at radius 2 is 1.86 bits per heavy atom. The molecular formula is C16H31N3O2. The van der Waals surface area contributed by atoms with E-state index in [1.807, 2.05) is 6.92 Å². The molecule has 1 unspecified atom stereocenters. The van der Waals surface area contributed by atoms with Crippen LogP contribution >= 0.6 is 0 Å². The van der Waals surface area contributed by atoms with Gasteiger partial charge in [-0.05, 0) is 38.6 Å². The second-order valence-electron chi connectivity index (χ2n) is 6.73. The molecule has 2 rings (SSSR count). The van der Waals surface area contributed by atoms with Crippen molar-refractivity contribution >= 4 is 5.97 Å². The molecule has 1 atom stereocenters. The number of nitrogens with two attached hydrogens (primary N) is 1. The third-order valence-corrected chi connectivity index (χ3v) is 5.40. The van der Waals surface area contributed by atoms with Crippen LogP contribution in [-0.4, -0.2) is 65.2 Å². The Kier molecular flexibility index (Phi) is 6.02. The SMILES string of the molecule is CCC(N)(CCCN1CCN(C2CCCC2)CC1)C(=O)O. The zero-order valence-electron chi connectivity index (χ0n) is 13.4. The monoisotopic (exact) mass is 297 g/mol. The molecule has 2 aliphatic rings. The molecule has 0 amide bonds. The van der Waals surface area contributed by atoms with Gasteiger partial charge in [-0.15, -0.1) is 0 Å². The topological polar surface area (TPSA) is 69.8 Å². The number of piperazine rings is 1. The molecule has 122 valence electrons. The Bertz CT molecular complexity index is 336. The summed E-state index contributed by atoms with van der Waals surface area (Å²) in [7, 11) is 0. The van der Waals surface area contributed by atoms with Crippen molar-refractivity contribution < 1.29 is 9.90 Å². The molecule has 21 heavy (non-hydrogen) atoms. The van der Waals surface area contributed by atoms with Crippen molar-refractivity contribution in [1.82, 2.24) is 9.80 Å². The third-order valence-electron chi connectivity index (χ3n) is 5.40. The maximum atomic E-state index is 11.2. The second kappa shape index (κ2) is 7.56. The minimum absolute atomic E-state index is 0.498. The van der Waals surface area contributed by atoms with Crippen molar-refractivity contribution in [2.75, 3.05) is 32.7 Å². The molecule has 1 aliphatic heterocycles. The van der Waals surface area contributed by atoms with Gasteiger partial charge in [0.15, 0.2) is 0 Å². The molecule has 1 aliphatic carbocycles. The maximum absolute atomic E-state index is 11.2. The van der Waals surface area contributed by atoms with Gasteiger partial charge in [0.1, 0.15) is 5.54 Å². The van der Waals surface area contributed by atoms with Crippen molar-refractivity contribution in [2.24, 2.45) is 5.73 Å². The highest BCUT2D eigenvalue weighted by atomic mass is 16.4. The number of carboxylic acids is 1. The molecule has 1 saturated carbocycles. The van der Waals surface area contributed by atoms with Crippen LogP contribution in [0.3, 0.4) is 0 Å². The van der Waals surface area contributed by atoms with E-state index < -0.39 is 11.5 Å². The number of nitrogens with zero attached hydrogens (tertiary/aromatic N) is 2. The van der Waals surface area contributed by atoms with Gasteiger partial charge in [0.25, 0.3) is 0 Å². The summed E-state index contributed by atoms with van der Waals surface area (Å²) in [5.41, 5.74) is 4.90. The lowest BCUT2D eigenvalue weighted by Gasteiger charge is -2.38. The lowest BCUT2D eigenvalue weighted by Crippen LogP contribution is -2.51. The Balaban J connectivity index is 1.65. The van der Waals surface area contributed by atoms with E-state index in [-0.39, 0.29) is 0 Å². The lowest BCUT2D eigenvalue weighted by molar-refractivity contribution is -0.143. The van der Waals surface area contributed by atoms with Crippen LogP contribution in [0.2, 0.25) is 0 Å². The average molecular weight is 297 g/mol. The lowest BCUT2D eigenvalue weighted by atomic mass is 9.92. The molecular weight excluding hydrogens is 266 g/mol. The second-order valence-corrected chi connectivity index (χ2v) is 6.73. The van der Waals surface area contributed by atoms with Crippen molar-refractivity contribution in [2.45, 2.75) is 63.5 Å². The smallest absolute Gasteiger partial charge is 0.323 e. The van der Waals surface area contributed by atoms with Gasteiger partial charge in [-0.3, -0.25) is 9.69 Å². The highest BCUT2D eigenvalue weighted by Gasteiger charge is 2.31. The number of carboxylic acid groups (broad SMARTS) is 1. The van der Waals surface area contributed by atoms with Gasteiger partial charge < -0.3 is 15.7 Å². The molecule has 3 N–H and O–H groups in total. The van der Waals surface area contributed by atoms with Gasteiger partial charge >= 0.3 is 5.97 Å².